The van der Waals surface area contributed by atoms with Gasteiger partial charge in [0.25, 0.3) is 11.8 Å². The third kappa shape index (κ3) is 3.73. The normalized spacial score (nSPS) is 10.4. The number of hydrogen-bond donors (Lipinski definition) is 1. The maximum atomic E-state index is 12.8. The molecule has 0 radical (unpaired) electrons. The van der Waals surface area contributed by atoms with E-state index in [1.807, 2.05) is 0 Å². The van der Waals surface area contributed by atoms with Gasteiger partial charge in [0.15, 0.2) is 0 Å². The largest absolute Gasteiger partial charge is 0.497 e. The minimum absolute atomic E-state index is 0.284. The van der Waals surface area contributed by atoms with Crippen LogP contribution in [-0.4, -0.2) is 35.8 Å². The van der Waals surface area contributed by atoms with E-state index in [9.17, 15) is 9.59 Å². The van der Waals surface area contributed by atoms with Gasteiger partial charge in [-0.25, -0.2) is 0 Å². The molecule has 7 heteroatoms. The quantitative estimate of drug-likeness (QED) is 0.734. The van der Waals surface area contributed by atoms with Crippen LogP contribution in [0.1, 0.15) is 32.1 Å². The molecular weight excluding hydrogens is 358 g/mol. The van der Waals surface area contributed by atoms with E-state index in [2.05, 4.69) is 10.4 Å². The first-order valence-electron chi connectivity index (χ1n) is 8.65. The highest BCUT2D eigenvalue weighted by Gasteiger charge is 2.20. The Hall–Kier alpha value is -3.61. The summed E-state index contributed by atoms with van der Waals surface area (Å²) in [5, 5.41) is 7.15. The lowest BCUT2D eigenvalue weighted by Gasteiger charge is -2.08. The lowest BCUT2D eigenvalue weighted by molar-refractivity contribution is 0.0941. The van der Waals surface area contributed by atoms with Crippen LogP contribution in [0, 0.1) is 13.8 Å². The lowest BCUT2D eigenvalue weighted by atomic mass is 10.2. The fourth-order valence-corrected chi connectivity index (χ4v) is 2.81. The van der Waals surface area contributed by atoms with E-state index in [0.29, 0.717) is 39.7 Å². The van der Waals surface area contributed by atoms with E-state index in [1.54, 1.807) is 76.6 Å². The second-order valence-electron chi connectivity index (χ2n) is 6.17. The minimum Gasteiger partial charge on any atom is -0.497 e. The maximum absolute atomic E-state index is 12.8. The number of hydrogen-bond acceptors (Lipinski definition) is 5. The summed E-state index contributed by atoms with van der Waals surface area (Å²) >= 11 is 0. The summed E-state index contributed by atoms with van der Waals surface area (Å²) in [7, 11) is 3.13. The molecule has 0 saturated carbocycles. The van der Waals surface area contributed by atoms with Crippen molar-refractivity contribution in [1.29, 1.82) is 0 Å². The van der Waals surface area contributed by atoms with Crippen LogP contribution < -0.4 is 14.8 Å². The Morgan fingerprint density at radius 2 is 1.36 bits per heavy atom. The van der Waals surface area contributed by atoms with Crippen LogP contribution in [0.3, 0.4) is 0 Å². The average Bonchev–Trinajstić information content (AvgIpc) is 3.01. The van der Waals surface area contributed by atoms with E-state index in [4.69, 9.17) is 9.47 Å². The second-order valence-corrected chi connectivity index (χ2v) is 6.17. The van der Waals surface area contributed by atoms with Gasteiger partial charge in [-0.1, -0.05) is 0 Å². The summed E-state index contributed by atoms with van der Waals surface area (Å²) in [6.07, 6.45) is 0. The van der Waals surface area contributed by atoms with E-state index in [-0.39, 0.29) is 11.8 Å². The molecule has 0 spiro atoms. The monoisotopic (exact) mass is 379 g/mol. The molecule has 0 saturated heterocycles. The molecule has 1 heterocycles. The molecule has 1 N–H and O–H groups in total. The Labute approximate surface area is 162 Å². The molecule has 144 valence electrons. The van der Waals surface area contributed by atoms with Gasteiger partial charge in [0, 0.05) is 11.1 Å². The molecule has 3 rings (SSSR count). The number of benzene rings is 2. The molecular formula is C21H21N3O4. The van der Waals surface area contributed by atoms with Crippen LogP contribution in [0.4, 0.5) is 5.69 Å². The highest BCUT2D eigenvalue weighted by molar-refractivity contribution is 6.05. The number of rotatable bonds is 5. The zero-order valence-electron chi connectivity index (χ0n) is 16.1. The number of nitrogens with one attached hydrogen (secondary N) is 1. The Bertz CT molecular complexity index is 1010. The van der Waals surface area contributed by atoms with Crippen molar-refractivity contribution < 1.29 is 19.1 Å². The zero-order chi connectivity index (χ0) is 20.3. The van der Waals surface area contributed by atoms with E-state index in [0.717, 1.165) is 0 Å². The number of carbonyl (C=O) groups excluding carboxylic acids is 2. The van der Waals surface area contributed by atoms with Gasteiger partial charge in [0.2, 0.25) is 0 Å². The Balaban J connectivity index is 1.84. The summed E-state index contributed by atoms with van der Waals surface area (Å²) in [6.45, 7) is 3.49. The van der Waals surface area contributed by atoms with Gasteiger partial charge in [0.05, 0.1) is 31.3 Å². The van der Waals surface area contributed by atoms with E-state index in [1.165, 1.54) is 4.68 Å². The van der Waals surface area contributed by atoms with Crippen molar-refractivity contribution in [3.8, 4) is 11.5 Å². The Morgan fingerprint density at radius 3 is 1.86 bits per heavy atom. The molecule has 28 heavy (non-hydrogen) atoms. The summed E-state index contributed by atoms with van der Waals surface area (Å²) < 4.78 is 11.5. The summed E-state index contributed by atoms with van der Waals surface area (Å²) in [5.74, 6) is 0.762. The minimum atomic E-state index is -0.287. The third-order valence-electron chi connectivity index (χ3n) is 4.41. The maximum Gasteiger partial charge on any atom is 0.278 e. The molecule has 1 amide bonds. The van der Waals surface area contributed by atoms with Gasteiger partial charge >= 0.3 is 0 Å². The molecule has 2 aromatic carbocycles. The van der Waals surface area contributed by atoms with Crippen LogP contribution in [0.2, 0.25) is 0 Å². The van der Waals surface area contributed by atoms with Crippen molar-refractivity contribution in [3.05, 3.63) is 71.0 Å². The van der Waals surface area contributed by atoms with Gasteiger partial charge in [-0.2, -0.15) is 9.78 Å². The smallest absolute Gasteiger partial charge is 0.278 e. The summed E-state index contributed by atoms with van der Waals surface area (Å²) in [6, 6.07) is 13.5. The molecule has 0 bridgehead atoms. The number of carbonyl (C=O) groups is 2. The molecule has 0 aliphatic heterocycles. The number of amides is 1. The number of aryl methyl sites for hydroxylation is 1. The first-order valence-corrected chi connectivity index (χ1v) is 8.65. The average molecular weight is 379 g/mol. The highest BCUT2D eigenvalue weighted by Crippen LogP contribution is 2.22. The predicted molar refractivity (Wildman–Crippen MR) is 105 cm³/mol. The SMILES string of the molecule is COc1ccc(C(=O)Nc2c(C)nn(C(=O)c3ccc(OC)cc3)c2C)cc1. The first kappa shape index (κ1) is 19.2. The highest BCUT2D eigenvalue weighted by atomic mass is 16.5. The van der Waals surface area contributed by atoms with Crippen LogP contribution in [0.5, 0.6) is 11.5 Å². The molecule has 0 unspecified atom stereocenters. The number of aromatic nitrogens is 2. The lowest BCUT2D eigenvalue weighted by Crippen LogP contribution is -2.16. The van der Waals surface area contributed by atoms with Gasteiger partial charge in [0.1, 0.15) is 11.5 Å². The van der Waals surface area contributed by atoms with Gasteiger partial charge < -0.3 is 14.8 Å². The van der Waals surface area contributed by atoms with Crippen molar-refractivity contribution in [2.24, 2.45) is 0 Å². The third-order valence-corrected chi connectivity index (χ3v) is 4.41. The fourth-order valence-electron chi connectivity index (χ4n) is 2.81. The summed E-state index contributed by atoms with van der Waals surface area (Å²) in [4.78, 5) is 25.3. The van der Waals surface area contributed by atoms with Crippen LogP contribution in [0.15, 0.2) is 48.5 Å². The molecule has 0 aliphatic carbocycles. The molecule has 0 aliphatic rings. The fraction of sp³-hybridized carbons (Fsp3) is 0.190. The molecule has 0 fully saturated rings. The number of ether oxygens (including phenoxy) is 2. The van der Waals surface area contributed by atoms with Gasteiger partial charge in [-0.3, -0.25) is 9.59 Å². The van der Waals surface area contributed by atoms with Crippen molar-refractivity contribution in [3.63, 3.8) is 0 Å². The second kappa shape index (κ2) is 7.96. The molecule has 3 aromatic rings. The number of methoxy groups -OCH3 is 2. The van der Waals surface area contributed by atoms with Crippen LogP contribution in [-0.2, 0) is 0 Å². The Morgan fingerprint density at radius 1 is 0.857 bits per heavy atom. The van der Waals surface area contributed by atoms with E-state index >= 15 is 0 Å². The van der Waals surface area contributed by atoms with E-state index < -0.39 is 0 Å². The van der Waals surface area contributed by atoms with Crippen molar-refractivity contribution in [2.45, 2.75) is 13.8 Å². The summed E-state index contributed by atoms with van der Waals surface area (Å²) in [5.41, 5.74) is 2.58. The van der Waals surface area contributed by atoms with Gasteiger partial charge in [-0.05, 0) is 62.4 Å². The number of nitrogens with zero attached hydrogens (tertiary/aromatic N) is 2. The standard InChI is InChI=1S/C21H21N3O4/c1-13-19(22-20(25)15-5-9-17(27-3)10-6-15)14(2)24(23-13)21(26)16-7-11-18(28-4)12-8-16/h5-12H,1-4H3,(H,22,25). The van der Waals surface area contributed by atoms with Gasteiger partial charge in [-0.15, -0.1) is 0 Å². The van der Waals surface area contributed by atoms with Crippen LogP contribution >= 0.6 is 0 Å². The van der Waals surface area contributed by atoms with Crippen molar-refractivity contribution in [1.82, 2.24) is 9.78 Å². The van der Waals surface area contributed by atoms with Crippen molar-refractivity contribution in [2.75, 3.05) is 19.5 Å². The molecule has 0 atom stereocenters. The first-order chi connectivity index (χ1) is 13.4. The topological polar surface area (TPSA) is 82.5 Å². The number of anilines is 1. The predicted octanol–water partition coefficient (Wildman–Crippen LogP) is 3.46. The molecule has 1 aromatic heterocycles. The zero-order valence-corrected chi connectivity index (χ0v) is 16.1. The Kier molecular flexibility index (Phi) is 5.44. The van der Waals surface area contributed by atoms with Crippen molar-refractivity contribution >= 4 is 17.5 Å². The van der Waals surface area contributed by atoms with Crippen LogP contribution in [0.25, 0.3) is 0 Å². The molecule has 7 nitrogen and oxygen atoms in total.